The van der Waals surface area contributed by atoms with Gasteiger partial charge < -0.3 is 25.8 Å². The number of hydrogen-bond donors (Lipinski definition) is 3. The Morgan fingerprint density at radius 3 is 2.53 bits per heavy atom. The summed E-state index contributed by atoms with van der Waals surface area (Å²) in [5, 5.41) is 6.18. The Hall–Kier alpha value is -4.47. The van der Waals surface area contributed by atoms with Crippen molar-refractivity contribution < 1.29 is 18.7 Å². The maximum Gasteiger partial charge on any atom is 0.253 e. The fraction of sp³-hybridized carbons (Fsp3) is 0.167. The molecule has 9 nitrogen and oxygen atoms in total. The third-order valence-corrected chi connectivity index (χ3v) is 5.55. The molecule has 0 atom stereocenters. The number of aromatic nitrogens is 1. The van der Waals surface area contributed by atoms with E-state index in [1.807, 2.05) is 0 Å². The number of halogens is 1. The predicted molar refractivity (Wildman–Crippen MR) is 125 cm³/mol. The first-order valence-electron chi connectivity index (χ1n) is 10.5. The van der Waals surface area contributed by atoms with E-state index in [0.29, 0.717) is 16.7 Å². The molecule has 34 heavy (non-hydrogen) atoms. The van der Waals surface area contributed by atoms with Crippen molar-refractivity contribution in [2.75, 3.05) is 17.7 Å². The molecule has 10 heteroatoms. The van der Waals surface area contributed by atoms with Gasteiger partial charge in [0, 0.05) is 29.8 Å². The molecular formula is C24H19FN4O5. The lowest BCUT2D eigenvalue weighted by Crippen LogP contribution is -2.37. The number of ether oxygens (including phenoxy) is 2. The van der Waals surface area contributed by atoms with E-state index in [-0.39, 0.29) is 40.2 Å². The van der Waals surface area contributed by atoms with Gasteiger partial charge in [-0.05, 0) is 37.1 Å². The first-order valence-corrected chi connectivity index (χ1v) is 10.5. The van der Waals surface area contributed by atoms with E-state index in [2.05, 4.69) is 15.6 Å². The molecule has 172 valence electrons. The number of amides is 1. The molecular weight excluding hydrogens is 443 g/mol. The molecule has 1 aromatic heterocycles. The second-order valence-electron chi connectivity index (χ2n) is 7.94. The molecule has 0 unspecified atom stereocenters. The highest BCUT2D eigenvalue weighted by atomic mass is 19.1. The molecule has 1 aliphatic carbocycles. The molecule has 1 saturated carbocycles. The summed E-state index contributed by atoms with van der Waals surface area (Å²) in [6.07, 6.45) is 3.36. The normalized spacial score (nSPS) is 13.1. The molecule has 0 aliphatic heterocycles. The molecule has 1 aliphatic rings. The third-order valence-electron chi connectivity index (χ3n) is 5.55. The summed E-state index contributed by atoms with van der Waals surface area (Å²) in [5.74, 6) is -0.577. The van der Waals surface area contributed by atoms with Gasteiger partial charge in [0.1, 0.15) is 34.4 Å². The Bertz CT molecular complexity index is 1520. The van der Waals surface area contributed by atoms with Gasteiger partial charge in [-0.1, -0.05) is 0 Å². The summed E-state index contributed by atoms with van der Waals surface area (Å²) < 4.78 is 25.9. The maximum atomic E-state index is 14.8. The van der Waals surface area contributed by atoms with Gasteiger partial charge in [0.05, 0.1) is 23.9 Å². The van der Waals surface area contributed by atoms with Crippen molar-refractivity contribution in [3.63, 3.8) is 0 Å². The van der Waals surface area contributed by atoms with Gasteiger partial charge in [-0.25, -0.2) is 4.39 Å². The zero-order valence-electron chi connectivity index (χ0n) is 18.0. The molecule has 0 spiro atoms. The highest BCUT2D eigenvalue weighted by molar-refractivity contribution is 6.01. The Morgan fingerprint density at radius 2 is 1.85 bits per heavy atom. The number of hydrogen-bond acceptors (Lipinski definition) is 8. The number of nitrogens with two attached hydrogens (primary N) is 1. The van der Waals surface area contributed by atoms with Crippen molar-refractivity contribution in [2.24, 2.45) is 5.73 Å². The number of nitrogens with zero attached hydrogens (tertiary/aromatic N) is 1. The monoisotopic (exact) mass is 462 g/mol. The summed E-state index contributed by atoms with van der Waals surface area (Å²) in [7, 11) is 1.42. The van der Waals surface area contributed by atoms with Crippen LogP contribution in [0, 0.1) is 5.82 Å². The largest absolute Gasteiger partial charge is 0.496 e. The van der Waals surface area contributed by atoms with E-state index >= 15 is 0 Å². The van der Waals surface area contributed by atoms with E-state index < -0.39 is 22.6 Å². The van der Waals surface area contributed by atoms with Crippen molar-refractivity contribution in [3.05, 3.63) is 74.4 Å². The molecule has 1 fully saturated rings. The second kappa shape index (κ2) is 8.14. The van der Waals surface area contributed by atoms with Gasteiger partial charge in [0.25, 0.3) is 16.8 Å². The molecule has 0 bridgehead atoms. The fourth-order valence-electron chi connectivity index (χ4n) is 3.60. The second-order valence-corrected chi connectivity index (χ2v) is 7.94. The van der Waals surface area contributed by atoms with Gasteiger partial charge in [-0.15, -0.1) is 0 Å². The van der Waals surface area contributed by atoms with Gasteiger partial charge in [-0.3, -0.25) is 19.4 Å². The van der Waals surface area contributed by atoms with Gasteiger partial charge in [0.15, 0.2) is 0 Å². The maximum absolute atomic E-state index is 14.8. The van der Waals surface area contributed by atoms with E-state index in [1.165, 1.54) is 31.5 Å². The topological polar surface area (TPSA) is 133 Å². The molecule has 3 aromatic carbocycles. The third kappa shape index (κ3) is 3.79. The number of carbonyl (C=O) groups is 1. The summed E-state index contributed by atoms with van der Waals surface area (Å²) in [6, 6.07) is 8.88. The van der Waals surface area contributed by atoms with Crippen LogP contribution in [0.1, 0.15) is 23.2 Å². The summed E-state index contributed by atoms with van der Waals surface area (Å²) >= 11 is 0. The lowest BCUT2D eigenvalue weighted by molar-refractivity contribution is 0.0997. The molecule has 0 radical (unpaired) electrons. The summed E-state index contributed by atoms with van der Waals surface area (Å²) in [6.45, 7) is 0. The van der Waals surface area contributed by atoms with Crippen molar-refractivity contribution in [1.29, 1.82) is 0 Å². The lowest BCUT2D eigenvalue weighted by Gasteiger charge is -2.16. The minimum absolute atomic E-state index is 0.0265. The molecule has 5 rings (SSSR count). The highest BCUT2D eigenvalue weighted by Gasteiger charge is 2.28. The Balaban J connectivity index is 1.42. The van der Waals surface area contributed by atoms with Crippen molar-refractivity contribution in [3.8, 4) is 17.2 Å². The van der Waals surface area contributed by atoms with Crippen LogP contribution in [0.5, 0.6) is 17.2 Å². The number of anilines is 3. The first-order chi connectivity index (χ1) is 16.4. The summed E-state index contributed by atoms with van der Waals surface area (Å²) in [5.41, 5.74) is 5.07. The standard InChI is InChI=1S/C24H19FN4O5/c1-33-19-10-17-13(9-14(19)24(26)32)18(6-7-27-17)34-12-4-5-16(15(25)8-12)29-21-20(22(30)23(21)31)28-11-2-3-11/h4-11,28-29H,2-3H2,1H3,(H2,26,32). The van der Waals surface area contributed by atoms with Crippen molar-refractivity contribution >= 4 is 33.9 Å². The van der Waals surface area contributed by atoms with E-state index in [9.17, 15) is 18.8 Å². The van der Waals surface area contributed by atoms with Crippen LogP contribution < -0.4 is 36.7 Å². The highest BCUT2D eigenvalue weighted by Crippen LogP contribution is 2.35. The first kappa shape index (κ1) is 21.4. The van der Waals surface area contributed by atoms with Crippen LogP contribution in [0.25, 0.3) is 10.9 Å². The van der Waals surface area contributed by atoms with E-state index in [1.54, 1.807) is 12.1 Å². The molecule has 1 amide bonds. The average molecular weight is 462 g/mol. The molecule has 4 N–H and O–H groups in total. The van der Waals surface area contributed by atoms with Crippen LogP contribution in [-0.2, 0) is 0 Å². The van der Waals surface area contributed by atoms with Gasteiger partial charge in [0.2, 0.25) is 0 Å². The minimum Gasteiger partial charge on any atom is -0.496 e. The Morgan fingerprint density at radius 1 is 1.09 bits per heavy atom. The zero-order chi connectivity index (χ0) is 24.0. The lowest BCUT2D eigenvalue weighted by atomic mass is 10.1. The molecule has 4 aromatic rings. The van der Waals surface area contributed by atoms with Gasteiger partial charge in [-0.2, -0.15) is 0 Å². The smallest absolute Gasteiger partial charge is 0.253 e. The SMILES string of the molecule is COc1cc2nccc(Oc3ccc(Nc4c(NC5CC5)c(=O)c4=O)c(F)c3)c2cc1C(N)=O. The summed E-state index contributed by atoms with van der Waals surface area (Å²) in [4.78, 5) is 39.8. The van der Waals surface area contributed by atoms with Crippen LogP contribution in [0.15, 0.2) is 52.2 Å². The molecule has 0 saturated heterocycles. The van der Waals surface area contributed by atoms with Crippen LogP contribution in [0.3, 0.4) is 0 Å². The predicted octanol–water partition coefficient (Wildman–Crippen LogP) is 3.19. The van der Waals surface area contributed by atoms with Crippen molar-refractivity contribution in [2.45, 2.75) is 18.9 Å². The number of pyridine rings is 1. The number of rotatable bonds is 8. The number of benzene rings is 2. The van der Waals surface area contributed by atoms with E-state index in [4.69, 9.17) is 15.2 Å². The Labute approximate surface area is 192 Å². The number of fused-ring (bicyclic) bond motifs is 1. The number of carbonyl (C=O) groups excluding carboxylic acids is 1. The molecule has 1 heterocycles. The number of nitrogens with one attached hydrogen (secondary N) is 2. The van der Waals surface area contributed by atoms with Crippen LogP contribution >= 0.6 is 0 Å². The zero-order valence-corrected chi connectivity index (χ0v) is 18.0. The average Bonchev–Trinajstić information content (AvgIpc) is 3.65. The van der Waals surface area contributed by atoms with Crippen LogP contribution in [-0.4, -0.2) is 24.0 Å². The number of methoxy groups -OCH3 is 1. The quantitative estimate of drug-likeness (QED) is 0.340. The van der Waals surface area contributed by atoms with E-state index in [0.717, 1.165) is 18.9 Å². The van der Waals surface area contributed by atoms with Crippen LogP contribution in [0.4, 0.5) is 21.5 Å². The van der Waals surface area contributed by atoms with Crippen LogP contribution in [0.2, 0.25) is 0 Å². The van der Waals surface area contributed by atoms with Crippen molar-refractivity contribution in [1.82, 2.24) is 4.98 Å². The minimum atomic E-state index is -0.688. The number of primary amides is 1. The Kier molecular flexibility index (Phi) is 5.12. The fourth-order valence-corrected chi connectivity index (χ4v) is 3.60. The van der Waals surface area contributed by atoms with Gasteiger partial charge >= 0.3 is 0 Å².